The van der Waals surface area contributed by atoms with Gasteiger partial charge in [0, 0.05) is 24.7 Å². The van der Waals surface area contributed by atoms with Crippen LogP contribution >= 0.6 is 0 Å². The van der Waals surface area contributed by atoms with E-state index in [1.165, 1.54) is 14.2 Å². The fourth-order valence-corrected chi connectivity index (χ4v) is 3.23. The Morgan fingerprint density at radius 1 is 1.07 bits per heavy atom. The van der Waals surface area contributed by atoms with Crippen molar-refractivity contribution in [1.29, 1.82) is 0 Å². The molecule has 1 N–H and O–H groups in total. The number of hydrogen-bond donors (Lipinski definition) is 1. The van der Waals surface area contributed by atoms with Gasteiger partial charge in [0.25, 0.3) is 5.91 Å². The molecule has 1 heterocycles. The summed E-state index contributed by atoms with van der Waals surface area (Å²) >= 11 is 0. The Morgan fingerprint density at radius 2 is 1.59 bits per heavy atom. The van der Waals surface area contributed by atoms with Gasteiger partial charge in [-0.2, -0.15) is 0 Å². The smallest absolute Gasteiger partial charge is 0.252 e. The maximum absolute atomic E-state index is 13.1. The number of nitrogens with zero attached hydrogens (tertiary/aromatic N) is 1. The molecule has 0 aromatic heterocycles. The Morgan fingerprint density at radius 3 is 2.04 bits per heavy atom. The molecule has 1 fully saturated rings. The van der Waals surface area contributed by atoms with Crippen LogP contribution in [0.4, 0.5) is 0 Å². The summed E-state index contributed by atoms with van der Waals surface area (Å²) in [6, 6.07) is 4.32. The minimum Gasteiger partial charge on any atom is -0.497 e. The van der Waals surface area contributed by atoms with Crippen molar-refractivity contribution in [1.82, 2.24) is 10.2 Å². The van der Waals surface area contributed by atoms with E-state index >= 15 is 0 Å². The van der Waals surface area contributed by atoms with Gasteiger partial charge in [-0.25, -0.2) is 0 Å². The molecule has 1 aliphatic heterocycles. The first-order valence-corrected chi connectivity index (χ1v) is 9.23. The van der Waals surface area contributed by atoms with Gasteiger partial charge in [0.05, 0.1) is 26.4 Å². The van der Waals surface area contributed by atoms with Crippen molar-refractivity contribution in [2.75, 3.05) is 27.3 Å². The Labute approximate surface area is 161 Å². The summed E-state index contributed by atoms with van der Waals surface area (Å²) < 4.78 is 16.1. The lowest BCUT2D eigenvalue weighted by atomic mass is 10.0. The number of benzene rings is 1. The number of ether oxygens (including phenoxy) is 3. The molecular weight excluding hydrogens is 348 g/mol. The summed E-state index contributed by atoms with van der Waals surface area (Å²) in [5.41, 5.74) is 0.383. The normalized spacial score (nSPS) is 20.9. The second-order valence-corrected chi connectivity index (χ2v) is 7.30. The van der Waals surface area contributed by atoms with Gasteiger partial charge in [-0.15, -0.1) is 0 Å². The van der Waals surface area contributed by atoms with Gasteiger partial charge in [0.1, 0.15) is 17.5 Å². The van der Waals surface area contributed by atoms with Gasteiger partial charge in [-0.05, 0) is 31.9 Å². The molecule has 0 spiro atoms. The van der Waals surface area contributed by atoms with Crippen LogP contribution in [0.5, 0.6) is 11.5 Å². The van der Waals surface area contributed by atoms with E-state index < -0.39 is 6.04 Å². The van der Waals surface area contributed by atoms with Crippen LogP contribution in [-0.2, 0) is 9.53 Å². The van der Waals surface area contributed by atoms with Crippen LogP contribution < -0.4 is 14.8 Å². The average Bonchev–Trinajstić information content (AvgIpc) is 2.63. The lowest BCUT2D eigenvalue weighted by molar-refractivity contribution is -0.146. The van der Waals surface area contributed by atoms with Crippen LogP contribution in [0.15, 0.2) is 18.2 Å². The van der Waals surface area contributed by atoms with E-state index in [4.69, 9.17) is 14.2 Å². The van der Waals surface area contributed by atoms with Crippen LogP contribution in [0.2, 0.25) is 0 Å². The van der Waals surface area contributed by atoms with E-state index in [1.807, 2.05) is 27.7 Å². The van der Waals surface area contributed by atoms with E-state index in [0.29, 0.717) is 30.2 Å². The number of carbonyl (C=O) groups is 2. The summed E-state index contributed by atoms with van der Waals surface area (Å²) in [6.07, 6.45) is -0.0484. The Balaban J connectivity index is 2.18. The first-order chi connectivity index (χ1) is 12.7. The van der Waals surface area contributed by atoms with Crippen molar-refractivity contribution < 1.29 is 23.8 Å². The molecule has 3 atom stereocenters. The quantitative estimate of drug-likeness (QED) is 0.820. The predicted molar refractivity (Wildman–Crippen MR) is 102 cm³/mol. The maximum Gasteiger partial charge on any atom is 0.252 e. The molecular formula is C20H30N2O5. The largest absolute Gasteiger partial charge is 0.497 e. The highest BCUT2D eigenvalue weighted by molar-refractivity contribution is 5.98. The molecule has 1 aromatic carbocycles. The van der Waals surface area contributed by atoms with Crippen molar-refractivity contribution in [2.45, 2.75) is 45.9 Å². The van der Waals surface area contributed by atoms with Gasteiger partial charge < -0.3 is 24.4 Å². The fraction of sp³-hybridized carbons (Fsp3) is 0.600. The lowest BCUT2D eigenvalue weighted by Crippen LogP contribution is -2.56. The lowest BCUT2D eigenvalue weighted by Gasteiger charge is -2.38. The number of carbonyl (C=O) groups excluding carboxylic acids is 2. The zero-order valence-corrected chi connectivity index (χ0v) is 16.9. The Kier molecular flexibility index (Phi) is 7.07. The third-order valence-corrected chi connectivity index (χ3v) is 4.56. The molecule has 0 unspecified atom stereocenters. The van der Waals surface area contributed by atoms with Crippen LogP contribution in [-0.4, -0.2) is 62.3 Å². The second-order valence-electron chi connectivity index (χ2n) is 7.30. The monoisotopic (exact) mass is 378 g/mol. The van der Waals surface area contributed by atoms with Gasteiger partial charge in [0.2, 0.25) is 5.91 Å². The van der Waals surface area contributed by atoms with E-state index in [2.05, 4.69) is 5.32 Å². The Hall–Kier alpha value is -2.28. The summed E-state index contributed by atoms with van der Waals surface area (Å²) in [6.45, 7) is 8.78. The molecule has 0 aliphatic carbocycles. The minimum atomic E-state index is -0.618. The molecule has 150 valence electrons. The molecule has 2 rings (SSSR count). The van der Waals surface area contributed by atoms with Gasteiger partial charge in [-0.1, -0.05) is 13.8 Å². The zero-order chi connectivity index (χ0) is 20.1. The first kappa shape index (κ1) is 21.0. The van der Waals surface area contributed by atoms with Crippen LogP contribution in [0.3, 0.4) is 0 Å². The topological polar surface area (TPSA) is 77.1 Å². The maximum atomic E-state index is 13.1. The van der Waals surface area contributed by atoms with Crippen LogP contribution in [0.1, 0.15) is 38.1 Å². The highest BCUT2D eigenvalue weighted by Crippen LogP contribution is 2.23. The molecule has 2 amide bonds. The van der Waals surface area contributed by atoms with Gasteiger partial charge >= 0.3 is 0 Å². The predicted octanol–water partition coefficient (Wildman–Crippen LogP) is 2.09. The SMILES string of the molecule is COc1cc(OC)cc(C(=O)N[C@@H](C(=O)N2C[C@H](C)O[C@@H](C)C2)C(C)C)c1. The van der Waals surface area contributed by atoms with Crippen molar-refractivity contribution in [3.63, 3.8) is 0 Å². The fourth-order valence-electron chi connectivity index (χ4n) is 3.23. The summed E-state index contributed by atoms with van der Waals surface area (Å²) in [5, 5.41) is 2.88. The van der Waals surface area contributed by atoms with Crippen LogP contribution in [0.25, 0.3) is 0 Å². The van der Waals surface area contributed by atoms with E-state index in [-0.39, 0.29) is 29.9 Å². The van der Waals surface area contributed by atoms with E-state index in [1.54, 1.807) is 23.1 Å². The van der Waals surface area contributed by atoms with Crippen molar-refractivity contribution in [3.05, 3.63) is 23.8 Å². The molecule has 0 radical (unpaired) electrons. The minimum absolute atomic E-state index is 0.0242. The molecule has 0 bridgehead atoms. The van der Waals surface area contributed by atoms with Crippen molar-refractivity contribution in [2.24, 2.45) is 5.92 Å². The molecule has 7 nitrogen and oxygen atoms in total. The second kappa shape index (κ2) is 9.08. The molecule has 1 aromatic rings. The van der Waals surface area contributed by atoms with E-state index in [9.17, 15) is 9.59 Å². The molecule has 27 heavy (non-hydrogen) atoms. The number of methoxy groups -OCH3 is 2. The number of morpholine rings is 1. The van der Waals surface area contributed by atoms with E-state index in [0.717, 1.165) is 0 Å². The van der Waals surface area contributed by atoms with Crippen LogP contribution in [0, 0.1) is 5.92 Å². The van der Waals surface area contributed by atoms with Crippen molar-refractivity contribution >= 4 is 11.8 Å². The number of rotatable bonds is 6. The van der Waals surface area contributed by atoms with Gasteiger partial charge in [0.15, 0.2) is 0 Å². The first-order valence-electron chi connectivity index (χ1n) is 9.23. The summed E-state index contributed by atoms with van der Waals surface area (Å²) in [5.74, 6) is 0.553. The molecule has 0 saturated carbocycles. The number of amides is 2. The van der Waals surface area contributed by atoms with Gasteiger partial charge in [-0.3, -0.25) is 9.59 Å². The third kappa shape index (κ3) is 5.35. The number of hydrogen-bond acceptors (Lipinski definition) is 5. The average molecular weight is 378 g/mol. The molecule has 1 aliphatic rings. The molecule has 1 saturated heterocycles. The zero-order valence-electron chi connectivity index (χ0n) is 16.9. The number of nitrogens with one attached hydrogen (secondary N) is 1. The highest BCUT2D eigenvalue weighted by Gasteiger charge is 2.33. The Bertz CT molecular complexity index is 644. The third-order valence-electron chi connectivity index (χ3n) is 4.56. The summed E-state index contributed by atoms with van der Waals surface area (Å²) in [7, 11) is 3.05. The standard InChI is InChI=1S/C20H30N2O5/c1-12(2)18(20(24)22-10-13(3)27-14(4)11-22)21-19(23)15-7-16(25-5)9-17(8-15)26-6/h7-9,12-14,18H,10-11H2,1-6H3,(H,21,23)/t13-,14-,18+/m0/s1. The highest BCUT2D eigenvalue weighted by atomic mass is 16.5. The molecule has 7 heteroatoms. The van der Waals surface area contributed by atoms with Crippen molar-refractivity contribution in [3.8, 4) is 11.5 Å². The summed E-state index contributed by atoms with van der Waals surface area (Å²) in [4.78, 5) is 27.6.